The number of methoxy groups -OCH3 is 1. The van der Waals surface area contributed by atoms with Gasteiger partial charge in [-0.1, -0.05) is 12.1 Å². The van der Waals surface area contributed by atoms with Gasteiger partial charge in [-0.15, -0.1) is 0 Å². The van der Waals surface area contributed by atoms with Crippen molar-refractivity contribution in [3.8, 4) is 0 Å². The summed E-state index contributed by atoms with van der Waals surface area (Å²) in [5, 5.41) is 2.14. The average Bonchev–Trinajstić information content (AvgIpc) is 2.89. The number of ether oxygens (including phenoxy) is 1. The van der Waals surface area contributed by atoms with Crippen LogP contribution in [0.3, 0.4) is 0 Å². The molecule has 0 aromatic heterocycles. The van der Waals surface area contributed by atoms with E-state index < -0.39 is 29.7 Å². The first-order chi connectivity index (χ1) is 13.5. The summed E-state index contributed by atoms with van der Waals surface area (Å²) in [5.74, 6) is -2.98. The van der Waals surface area contributed by atoms with Crippen LogP contribution in [0.25, 0.3) is 0 Å². The molecule has 144 valence electrons. The van der Waals surface area contributed by atoms with Crippen molar-refractivity contribution in [2.75, 3.05) is 13.7 Å². The number of amides is 4. The molecule has 4 amide bonds. The molecule has 3 heterocycles. The number of benzene rings is 1. The molecule has 0 saturated carbocycles. The fraction of sp³-hybridized carbons (Fsp3) is 0.316. The molecule has 9 heteroatoms. The summed E-state index contributed by atoms with van der Waals surface area (Å²) >= 11 is 0. The van der Waals surface area contributed by atoms with E-state index in [0.29, 0.717) is 6.42 Å². The second-order valence-electron chi connectivity index (χ2n) is 6.62. The van der Waals surface area contributed by atoms with Gasteiger partial charge in [-0.3, -0.25) is 24.1 Å². The van der Waals surface area contributed by atoms with Crippen LogP contribution in [0.4, 0.5) is 0 Å². The molecule has 0 radical (unpaired) electrons. The number of carbonyl (C=O) groups is 5. The highest BCUT2D eigenvalue weighted by atomic mass is 16.5. The third-order valence-electron chi connectivity index (χ3n) is 5.09. The molecule has 4 rings (SSSR count). The number of hydrogen-bond acceptors (Lipinski definition) is 6. The number of imide groups is 1. The SMILES string of the molecule is COC(=O)C1=CCCN2C(=O)CCC(N3C(=O)c4ccccc4C3=O)C(=O)N12. The van der Waals surface area contributed by atoms with Gasteiger partial charge in [0.05, 0.1) is 18.2 Å². The molecule has 0 aliphatic carbocycles. The number of hydrazine groups is 1. The molecule has 1 unspecified atom stereocenters. The lowest BCUT2D eigenvalue weighted by atomic mass is 10.1. The van der Waals surface area contributed by atoms with Crippen LogP contribution in [0, 0.1) is 0 Å². The number of fused-ring (bicyclic) bond motifs is 2. The number of nitrogens with zero attached hydrogens (tertiary/aromatic N) is 3. The molecule has 1 saturated heterocycles. The molecule has 3 aliphatic rings. The van der Waals surface area contributed by atoms with E-state index in [1.165, 1.54) is 30.3 Å². The summed E-state index contributed by atoms with van der Waals surface area (Å²) < 4.78 is 4.73. The molecule has 3 aliphatic heterocycles. The predicted molar refractivity (Wildman–Crippen MR) is 93.2 cm³/mol. The van der Waals surface area contributed by atoms with Gasteiger partial charge < -0.3 is 4.74 Å². The van der Waals surface area contributed by atoms with Crippen LogP contribution < -0.4 is 0 Å². The first kappa shape index (κ1) is 17.9. The highest BCUT2D eigenvalue weighted by Gasteiger charge is 2.48. The van der Waals surface area contributed by atoms with Gasteiger partial charge in [0, 0.05) is 13.0 Å². The molecule has 0 spiro atoms. The van der Waals surface area contributed by atoms with Crippen LogP contribution >= 0.6 is 0 Å². The van der Waals surface area contributed by atoms with E-state index >= 15 is 0 Å². The topological polar surface area (TPSA) is 104 Å². The van der Waals surface area contributed by atoms with Crippen molar-refractivity contribution >= 4 is 29.6 Å². The van der Waals surface area contributed by atoms with E-state index in [2.05, 4.69) is 0 Å². The van der Waals surface area contributed by atoms with Gasteiger partial charge in [-0.25, -0.2) is 14.8 Å². The van der Waals surface area contributed by atoms with Crippen LogP contribution in [0.5, 0.6) is 0 Å². The minimum absolute atomic E-state index is 0.00934. The number of hydrogen-bond donors (Lipinski definition) is 0. The maximum absolute atomic E-state index is 13.3. The van der Waals surface area contributed by atoms with Gasteiger partial charge in [0.2, 0.25) is 5.91 Å². The fourth-order valence-corrected chi connectivity index (χ4v) is 3.77. The number of esters is 1. The zero-order valence-electron chi connectivity index (χ0n) is 15.1. The lowest BCUT2D eigenvalue weighted by molar-refractivity contribution is -0.163. The average molecular weight is 383 g/mol. The molecule has 1 fully saturated rings. The minimum Gasteiger partial charge on any atom is -0.464 e. The van der Waals surface area contributed by atoms with Crippen molar-refractivity contribution in [1.82, 2.24) is 14.9 Å². The second kappa shape index (κ2) is 6.59. The van der Waals surface area contributed by atoms with Crippen LogP contribution in [0.1, 0.15) is 40.0 Å². The largest absolute Gasteiger partial charge is 0.464 e. The Kier molecular flexibility index (Phi) is 4.21. The van der Waals surface area contributed by atoms with E-state index in [9.17, 15) is 24.0 Å². The van der Waals surface area contributed by atoms with Crippen LogP contribution in [0.15, 0.2) is 36.0 Å². The molecule has 1 aromatic carbocycles. The standard InChI is InChI=1S/C19H17N3O6/c1-28-19(27)14-7-4-10-20-15(23)9-8-13(18(26)22(14)20)21-16(24)11-5-2-3-6-12(11)17(21)25/h2-3,5-7,13H,4,8-10H2,1H3. The number of rotatable bonds is 2. The first-order valence-corrected chi connectivity index (χ1v) is 8.85. The monoisotopic (exact) mass is 383 g/mol. The van der Waals surface area contributed by atoms with Crippen LogP contribution in [0.2, 0.25) is 0 Å². The van der Waals surface area contributed by atoms with Gasteiger partial charge in [0.25, 0.3) is 17.7 Å². The van der Waals surface area contributed by atoms with Gasteiger partial charge in [0.1, 0.15) is 11.7 Å². The van der Waals surface area contributed by atoms with E-state index in [1.54, 1.807) is 12.1 Å². The maximum atomic E-state index is 13.3. The Balaban J connectivity index is 1.75. The maximum Gasteiger partial charge on any atom is 0.356 e. The molecule has 9 nitrogen and oxygen atoms in total. The highest BCUT2D eigenvalue weighted by Crippen LogP contribution is 2.31. The zero-order valence-corrected chi connectivity index (χ0v) is 15.1. The Hall–Kier alpha value is -3.49. The summed E-state index contributed by atoms with van der Waals surface area (Å²) in [6.07, 6.45) is 1.86. The summed E-state index contributed by atoms with van der Waals surface area (Å²) in [5.41, 5.74) is 0.348. The molecule has 1 aromatic rings. The Bertz CT molecular complexity index is 918. The predicted octanol–water partition coefficient (Wildman–Crippen LogP) is 0.478. The fourth-order valence-electron chi connectivity index (χ4n) is 3.77. The van der Waals surface area contributed by atoms with Gasteiger partial charge >= 0.3 is 5.97 Å². The summed E-state index contributed by atoms with van der Waals surface area (Å²) in [4.78, 5) is 64.5. The molecule has 28 heavy (non-hydrogen) atoms. The zero-order chi connectivity index (χ0) is 20.0. The van der Waals surface area contributed by atoms with Gasteiger partial charge in [0.15, 0.2) is 0 Å². The molecule has 1 atom stereocenters. The lowest BCUT2D eigenvalue weighted by Gasteiger charge is -2.38. The summed E-state index contributed by atoms with van der Waals surface area (Å²) in [6, 6.07) is 5.13. The normalized spacial score (nSPS) is 22.0. The quantitative estimate of drug-likeness (QED) is 0.543. The van der Waals surface area contributed by atoms with Crippen LogP contribution in [-0.2, 0) is 19.1 Å². The first-order valence-electron chi connectivity index (χ1n) is 8.85. The summed E-state index contributed by atoms with van der Waals surface area (Å²) in [7, 11) is 1.17. The van der Waals surface area contributed by atoms with E-state index in [-0.39, 0.29) is 42.1 Å². The lowest BCUT2D eigenvalue weighted by Crippen LogP contribution is -2.56. The van der Waals surface area contributed by atoms with Crippen molar-refractivity contribution in [3.05, 3.63) is 47.2 Å². The van der Waals surface area contributed by atoms with Crippen molar-refractivity contribution < 1.29 is 28.7 Å². The van der Waals surface area contributed by atoms with Crippen molar-refractivity contribution in [2.24, 2.45) is 0 Å². The van der Waals surface area contributed by atoms with Crippen molar-refractivity contribution in [3.63, 3.8) is 0 Å². The second-order valence-corrected chi connectivity index (χ2v) is 6.62. The molecular weight excluding hydrogens is 366 g/mol. The number of carbonyl (C=O) groups excluding carboxylic acids is 5. The van der Waals surface area contributed by atoms with Crippen molar-refractivity contribution in [2.45, 2.75) is 25.3 Å². The minimum atomic E-state index is -1.19. The summed E-state index contributed by atoms with van der Waals surface area (Å²) in [6.45, 7) is 0.222. The van der Waals surface area contributed by atoms with Crippen molar-refractivity contribution in [1.29, 1.82) is 0 Å². The third kappa shape index (κ3) is 2.50. The Morgan fingerprint density at radius 1 is 1.07 bits per heavy atom. The third-order valence-corrected chi connectivity index (χ3v) is 5.09. The Morgan fingerprint density at radius 3 is 2.32 bits per heavy atom. The molecule has 0 bridgehead atoms. The van der Waals surface area contributed by atoms with Gasteiger partial charge in [-0.05, 0) is 31.1 Å². The van der Waals surface area contributed by atoms with E-state index in [4.69, 9.17) is 4.74 Å². The van der Waals surface area contributed by atoms with Crippen LogP contribution in [-0.4, -0.2) is 64.2 Å². The van der Waals surface area contributed by atoms with Gasteiger partial charge in [-0.2, -0.15) is 0 Å². The molecular formula is C19H17N3O6. The smallest absolute Gasteiger partial charge is 0.356 e. The Labute approximate surface area is 160 Å². The molecule has 0 N–H and O–H groups in total. The highest BCUT2D eigenvalue weighted by molar-refractivity contribution is 6.23. The Morgan fingerprint density at radius 2 is 1.71 bits per heavy atom. The van der Waals surface area contributed by atoms with E-state index in [0.717, 1.165) is 9.91 Å². The van der Waals surface area contributed by atoms with E-state index in [1.807, 2.05) is 0 Å².